The van der Waals surface area contributed by atoms with Gasteiger partial charge in [0.15, 0.2) is 5.65 Å². The first kappa shape index (κ1) is 16.0. The Morgan fingerprint density at radius 2 is 1.62 bits per heavy atom. The van der Waals surface area contributed by atoms with Gasteiger partial charge >= 0.3 is 5.97 Å². The number of rotatable bonds is 2. The SMILES string of the molecule is Cc1cc(C)c(-c2c(C)nn3c(N)c(C(=O)O)c(C)nc23)c(C)c1. The first-order chi connectivity index (χ1) is 11.2. The van der Waals surface area contributed by atoms with Crippen LogP contribution in [-0.2, 0) is 0 Å². The van der Waals surface area contributed by atoms with Crippen LogP contribution in [0.2, 0.25) is 0 Å². The molecule has 0 aliphatic rings. The molecule has 124 valence electrons. The van der Waals surface area contributed by atoms with Crippen LogP contribution in [-0.4, -0.2) is 25.7 Å². The smallest absolute Gasteiger partial charge is 0.341 e. The molecule has 6 nitrogen and oxygen atoms in total. The fourth-order valence-corrected chi connectivity index (χ4v) is 3.42. The largest absolute Gasteiger partial charge is 0.477 e. The molecule has 1 aromatic carbocycles. The molecule has 0 aliphatic carbocycles. The molecule has 0 spiro atoms. The molecule has 24 heavy (non-hydrogen) atoms. The number of aryl methyl sites for hydroxylation is 5. The minimum Gasteiger partial charge on any atom is -0.477 e. The molecule has 3 aromatic rings. The zero-order valence-corrected chi connectivity index (χ0v) is 14.4. The number of hydrogen-bond donors (Lipinski definition) is 2. The Hall–Kier alpha value is -2.89. The van der Waals surface area contributed by atoms with Gasteiger partial charge in [-0.15, -0.1) is 0 Å². The molecule has 0 saturated carbocycles. The van der Waals surface area contributed by atoms with E-state index in [4.69, 9.17) is 5.73 Å². The van der Waals surface area contributed by atoms with Crippen LogP contribution in [0.25, 0.3) is 16.8 Å². The number of aromatic nitrogens is 3. The van der Waals surface area contributed by atoms with E-state index in [0.717, 1.165) is 27.9 Å². The summed E-state index contributed by atoms with van der Waals surface area (Å²) in [5.74, 6) is -1.00. The number of anilines is 1. The average Bonchev–Trinajstić information content (AvgIpc) is 2.75. The molecule has 0 saturated heterocycles. The number of nitrogens with zero attached hydrogens (tertiary/aromatic N) is 3. The molecule has 3 rings (SSSR count). The van der Waals surface area contributed by atoms with Crippen molar-refractivity contribution in [2.24, 2.45) is 0 Å². The third-order valence-electron chi connectivity index (χ3n) is 4.30. The molecule has 0 unspecified atom stereocenters. The third kappa shape index (κ3) is 2.22. The molecule has 0 aliphatic heterocycles. The molecule has 6 heteroatoms. The molecule has 0 bridgehead atoms. The number of nitrogen functional groups attached to an aromatic ring is 1. The van der Waals surface area contributed by atoms with E-state index in [2.05, 4.69) is 43.0 Å². The van der Waals surface area contributed by atoms with Crippen molar-refractivity contribution in [1.82, 2.24) is 14.6 Å². The summed E-state index contributed by atoms with van der Waals surface area (Å²) in [6, 6.07) is 4.24. The van der Waals surface area contributed by atoms with Crippen molar-refractivity contribution >= 4 is 17.4 Å². The van der Waals surface area contributed by atoms with Gasteiger partial charge in [0.05, 0.1) is 17.0 Å². The fourth-order valence-electron chi connectivity index (χ4n) is 3.42. The number of carbonyl (C=O) groups is 1. The lowest BCUT2D eigenvalue weighted by Crippen LogP contribution is -2.12. The van der Waals surface area contributed by atoms with Gasteiger partial charge in [-0.3, -0.25) is 0 Å². The Morgan fingerprint density at radius 1 is 1.04 bits per heavy atom. The van der Waals surface area contributed by atoms with Crippen LogP contribution >= 0.6 is 0 Å². The summed E-state index contributed by atoms with van der Waals surface area (Å²) in [4.78, 5) is 15.9. The van der Waals surface area contributed by atoms with Crippen molar-refractivity contribution in [2.45, 2.75) is 34.6 Å². The number of hydrogen-bond acceptors (Lipinski definition) is 4. The Morgan fingerprint density at radius 3 is 2.17 bits per heavy atom. The second-order valence-corrected chi connectivity index (χ2v) is 6.23. The predicted molar refractivity (Wildman–Crippen MR) is 93.5 cm³/mol. The van der Waals surface area contributed by atoms with Crippen LogP contribution < -0.4 is 5.73 Å². The fraction of sp³-hybridized carbons (Fsp3) is 0.278. The lowest BCUT2D eigenvalue weighted by Gasteiger charge is -2.12. The molecular weight excluding hydrogens is 304 g/mol. The van der Waals surface area contributed by atoms with Crippen LogP contribution in [0.3, 0.4) is 0 Å². The molecule has 0 fully saturated rings. The predicted octanol–water partition coefficient (Wildman–Crippen LogP) is 3.22. The van der Waals surface area contributed by atoms with Crippen molar-refractivity contribution in [1.29, 1.82) is 0 Å². The number of fused-ring (bicyclic) bond motifs is 1. The summed E-state index contributed by atoms with van der Waals surface area (Å²) in [7, 11) is 0. The van der Waals surface area contributed by atoms with Crippen molar-refractivity contribution in [3.63, 3.8) is 0 Å². The van der Waals surface area contributed by atoms with E-state index in [1.807, 2.05) is 6.92 Å². The van der Waals surface area contributed by atoms with Crippen molar-refractivity contribution in [3.05, 3.63) is 45.8 Å². The van der Waals surface area contributed by atoms with Crippen LogP contribution in [0.15, 0.2) is 12.1 Å². The minimum absolute atomic E-state index is 0.00565. The highest BCUT2D eigenvalue weighted by Gasteiger charge is 2.23. The monoisotopic (exact) mass is 324 g/mol. The van der Waals surface area contributed by atoms with Gasteiger partial charge in [-0.2, -0.15) is 9.61 Å². The van der Waals surface area contributed by atoms with Gasteiger partial charge < -0.3 is 10.8 Å². The maximum Gasteiger partial charge on any atom is 0.341 e. The van der Waals surface area contributed by atoms with Gasteiger partial charge in [0.25, 0.3) is 0 Å². The van der Waals surface area contributed by atoms with E-state index in [9.17, 15) is 9.90 Å². The van der Waals surface area contributed by atoms with Gasteiger partial charge in [-0.05, 0) is 51.3 Å². The van der Waals surface area contributed by atoms with E-state index < -0.39 is 5.97 Å². The van der Waals surface area contributed by atoms with Crippen LogP contribution in [0.4, 0.5) is 5.82 Å². The Kier molecular flexibility index (Phi) is 3.55. The van der Waals surface area contributed by atoms with E-state index in [1.54, 1.807) is 6.92 Å². The average molecular weight is 324 g/mol. The summed E-state index contributed by atoms with van der Waals surface area (Å²) < 4.78 is 1.43. The second kappa shape index (κ2) is 5.33. The molecule has 0 amide bonds. The number of aromatic carboxylic acids is 1. The van der Waals surface area contributed by atoms with Crippen molar-refractivity contribution < 1.29 is 9.90 Å². The maximum atomic E-state index is 11.4. The first-order valence-corrected chi connectivity index (χ1v) is 7.69. The highest BCUT2D eigenvalue weighted by atomic mass is 16.4. The summed E-state index contributed by atoms with van der Waals surface area (Å²) in [5, 5.41) is 13.8. The Labute approximate surface area is 139 Å². The second-order valence-electron chi connectivity index (χ2n) is 6.23. The highest BCUT2D eigenvalue weighted by Crippen LogP contribution is 2.35. The molecule has 0 atom stereocenters. The topological polar surface area (TPSA) is 93.5 Å². The molecule has 2 aromatic heterocycles. The third-order valence-corrected chi connectivity index (χ3v) is 4.30. The van der Waals surface area contributed by atoms with Gasteiger partial charge in [0.1, 0.15) is 11.4 Å². The van der Waals surface area contributed by atoms with Gasteiger partial charge in [-0.25, -0.2) is 9.78 Å². The standard InChI is InChI=1S/C18H20N4O2/c1-8-6-9(2)13(10(3)7-8)14-12(5)21-22-16(19)15(18(23)24)11(4)20-17(14)22/h6-7H,19H2,1-5H3,(H,23,24). The number of nitrogens with two attached hydrogens (primary N) is 1. The van der Waals surface area contributed by atoms with Crippen molar-refractivity contribution in [2.75, 3.05) is 5.73 Å². The van der Waals surface area contributed by atoms with Crippen molar-refractivity contribution in [3.8, 4) is 11.1 Å². The number of benzene rings is 1. The first-order valence-electron chi connectivity index (χ1n) is 7.69. The molecule has 2 heterocycles. The summed E-state index contributed by atoms with van der Waals surface area (Å²) >= 11 is 0. The quantitative estimate of drug-likeness (QED) is 0.755. The van der Waals surface area contributed by atoms with Crippen LogP contribution in [0.5, 0.6) is 0 Å². The highest BCUT2D eigenvalue weighted by molar-refractivity contribution is 5.95. The van der Waals surface area contributed by atoms with Gasteiger partial charge in [-0.1, -0.05) is 17.7 Å². The summed E-state index contributed by atoms with van der Waals surface area (Å²) in [5.41, 5.74) is 13.2. The van der Waals surface area contributed by atoms with Crippen LogP contribution in [0.1, 0.15) is 38.4 Å². The molecular formula is C18H20N4O2. The van der Waals surface area contributed by atoms with E-state index in [-0.39, 0.29) is 11.4 Å². The lowest BCUT2D eigenvalue weighted by atomic mass is 9.94. The maximum absolute atomic E-state index is 11.4. The van der Waals surface area contributed by atoms with E-state index in [1.165, 1.54) is 10.1 Å². The Bertz CT molecular complexity index is 979. The van der Waals surface area contributed by atoms with E-state index in [0.29, 0.717) is 11.3 Å². The molecule has 3 N–H and O–H groups in total. The summed E-state index contributed by atoms with van der Waals surface area (Å²) in [6.45, 7) is 9.71. The number of carboxylic acids is 1. The van der Waals surface area contributed by atoms with Gasteiger partial charge in [0.2, 0.25) is 0 Å². The minimum atomic E-state index is -1.10. The Balaban J connectivity index is 2.44. The number of carboxylic acid groups (broad SMARTS) is 1. The zero-order chi connectivity index (χ0) is 17.8. The molecule has 0 radical (unpaired) electrons. The van der Waals surface area contributed by atoms with E-state index >= 15 is 0 Å². The summed E-state index contributed by atoms with van der Waals surface area (Å²) in [6.07, 6.45) is 0. The zero-order valence-electron chi connectivity index (χ0n) is 14.4. The van der Waals surface area contributed by atoms with Crippen LogP contribution in [0, 0.1) is 34.6 Å². The van der Waals surface area contributed by atoms with Gasteiger partial charge in [0, 0.05) is 0 Å². The normalized spacial score (nSPS) is 11.2. The lowest BCUT2D eigenvalue weighted by molar-refractivity contribution is 0.0696.